The molecule has 0 aromatic carbocycles. The number of rotatable bonds is 4. The van der Waals surface area contributed by atoms with Crippen LogP contribution in [0.3, 0.4) is 0 Å². The summed E-state index contributed by atoms with van der Waals surface area (Å²) in [6.45, 7) is 7.03. The van der Waals surface area contributed by atoms with Crippen molar-refractivity contribution in [1.82, 2.24) is 24.9 Å². The van der Waals surface area contributed by atoms with E-state index in [0.29, 0.717) is 25.4 Å². The largest absolute Gasteiger partial charge is 0.348 e. The van der Waals surface area contributed by atoms with Crippen molar-refractivity contribution in [3.8, 4) is 0 Å². The lowest BCUT2D eigenvalue weighted by Gasteiger charge is -2.43. The van der Waals surface area contributed by atoms with Crippen LogP contribution in [0.15, 0.2) is 0 Å². The molecule has 5 rings (SSSR count). The molecule has 4 heterocycles. The molecule has 5 aliphatic rings. The summed E-state index contributed by atoms with van der Waals surface area (Å²) in [7, 11) is 2.13. The Bertz CT molecular complexity index is 740. The van der Waals surface area contributed by atoms with E-state index in [4.69, 9.17) is 0 Å². The molecule has 8 nitrogen and oxygen atoms in total. The van der Waals surface area contributed by atoms with Crippen molar-refractivity contribution in [2.75, 3.05) is 46.3 Å². The Morgan fingerprint density at radius 2 is 1.76 bits per heavy atom. The van der Waals surface area contributed by atoms with E-state index in [1.54, 1.807) is 6.92 Å². The number of nitrogens with zero attached hydrogens (tertiary/aromatic N) is 4. The number of carbonyl (C=O) groups excluding carboxylic acids is 3. The minimum absolute atomic E-state index is 0.0515. The molecule has 0 bridgehead atoms. The smallest absolute Gasteiger partial charge is 0.243 e. The van der Waals surface area contributed by atoms with Gasteiger partial charge in [-0.2, -0.15) is 0 Å². The number of fused-ring (bicyclic) bond motifs is 1. The van der Waals surface area contributed by atoms with E-state index in [1.165, 1.54) is 25.8 Å². The number of amides is 3. The first-order chi connectivity index (χ1) is 15.8. The standard InChI is InChI=1S/C25H41N5O3/c1-18(31)29-10-6-20(7-11-29)27(2)21-14-22-24(33)26-25(15-23(32)30(22)17-21)8-12-28(13-9-25)16-19-4-3-5-19/h19-22H,3-17H2,1-2H3,(H,26,33)/t21-,22-/m0/s1. The molecule has 8 heteroatoms. The molecular formula is C25H41N5O3. The zero-order valence-electron chi connectivity index (χ0n) is 20.4. The second-order valence-electron chi connectivity index (χ2n) is 11.4. The molecule has 1 N–H and O–H groups in total. The van der Waals surface area contributed by atoms with Gasteiger partial charge in [0.05, 0.1) is 12.0 Å². The van der Waals surface area contributed by atoms with Crippen molar-refractivity contribution < 1.29 is 14.4 Å². The second kappa shape index (κ2) is 9.17. The summed E-state index contributed by atoms with van der Waals surface area (Å²) in [5.74, 6) is 1.21. The Balaban J connectivity index is 1.17. The van der Waals surface area contributed by atoms with Gasteiger partial charge < -0.3 is 20.0 Å². The molecule has 1 spiro atoms. The summed E-state index contributed by atoms with van der Waals surface area (Å²) in [4.78, 5) is 47.0. The lowest BCUT2D eigenvalue weighted by Crippen LogP contribution is -2.57. The SMILES string of the molecule is CC(=O)N1CCC(N(C)[C@H]2C[C@H]3C(=O)NC4(CCN(CC5CCC5)CC4)CC(=O)N3C2)CC1. The normalized spacial score (nSPS) is 31.5. The van der Waals surface area contributed by atoms with Crippen LogP contribution in [0.5, 0.6) is 0 Å². The first kappa shape index (κ1) is 23.1. The van der Waals surface area contributed by atoms with Gasteiger partial charge in [0.1, 0.15) is 6.04 Å². The molecule has 184 valence electrons. The first-order valence-electron chi connectivity index (χ1n) is 13.1. The molecule has 1 saturated carbocycles. The van der Waals surface area contributed by atoms with E-state index < -0.39 is 0 Å². The van der Waals surface area contributed by atoms with E-state index in [2.05, 4.69) is 22.2 Å². The zero-order valence-corrected chi connectivity index (χ0v) is 20.4. The monoisotopic (exact) mass is 459 g/mol. The highest BCUT2D eigenvalue weighted by atomic mass is 16.2. The van der Waals surface area contributed by atoms with Crippen LogP contribution in [0, 0.1) is 5.92 Å². The van der Waals surface area contributed by atoms with Crippen LogP contribution in [0.1, 0.15) is 64.7 Å². The Hall–Kier alpha value is -1.67. The van der Waals surface area contributed by atoms with Gasteiger partial charge in [-0.3, -0.25) is 19.3 Å². The predicted octanol–water partition coefficient (Wildman–Crippen LogP) is 1.05. The number of likely N-dealkylation sites (tertiary alicyclic amines) is 2. The maximum absolute atomic E-state index is 13.3. The van der Waals surface area contributed by atoms with Crippen LogP contribution in [-0.2, 0) is 14.4 Å². The van der Waals surface area contributed by atoms with Gasteiger partial charge >= 0.3 is 0 Å². The summed E-state index contributed by atoms with van der Waals surface area (Å²) >= 11 is 0. The van der Waals surface area contributed by atoms with E-state index in [9.17, 15) is 14.4 Å². The minimum Gasteiger partial charge on any atom is -0.348 e. The van der Waals surface area contributed by atoms with Gasteiger partial charge in [-0.05, 0) is 57.9 Å². The van der Waals surface area contributed by atoms with Crippen molar-refractivity contribution in [3.63, 3.8) is 0 Å². The summed E-state index contributed by atoms with van der Waals surface area (Å²) in [6, 6.07) is 0.269. The number of hydrogen-bond acceptors (Lipinski definition) is 5. The molecule has 1 aliphatic carbocycles. The average Bonchev–Trinajstić information content (AvgIpc) is 3.20. The zero-order chi connectivity index (χ0) is 23.2. The Morgan fingerprint density at radius 1 is 1.06 bits per heavy atom. The van der Waals surface area contributed by atoms with Gasteiger partial charge in [0.2, 0.25) is 17.7 Å². The maximum atomic E-state index is 13.3. The fourth-order valence-electron chi connectivity index (χ4n) is 6.81. The third kappa shape index (κ3) is 4.65. The third-order valence-corrected chi connectivity index (χ3v) is 9.40. The summed E-state index contributed by atoms with van der Waals surface area (Å²) in [6.07, 6.45) is 8.93. The van der Waals surface area contributed by atoms with Crippen molar-refractivity contribution in [2.45, 2.75) is 88.4 Å². The topological polar surface area (TPSA) is 76.2 Å². The maximum Gasteiger partial charge on any atom is 0.243 e. The van der Waals surface area contributed by atoms with Crippen molar-refractivity contribution in [3.05, 3.63) is 0 Å². The lowest BCUT2D eigenvalue weighted by molar-refractivity contribution is -0.136. The fraction of sp³-hybridized carbons (Fsp3) is 0.880. The Kier molecular flexibility index (Phi) is 6.42. The number of likely N-dealkylation sites (N-methyl/N-ethyl adjacent to an activating group) is 1. The molecule has 2 atom stereocenters. The molecule has 0 unspecified atom stereocenters. The van der Waals surface area contributed by atoms with Crippen LogP contribution in [0.4, 0.5) is 0 Å². The van der Waals surface area contributed by atoms with Crippen LogP contribution in [-0.4, -0.2) is 107 Å². The molecule has 4 saturated heterocycles. The van der Waals surface area contributed by atoms with Crippen LogP contribution in [0.25, 0.3) is 0 Å². The van der Waals surface area contributed by atoms with Crippen molar-refractivity contribution >= 4 is 17.7 Å². The Morgan fingerprint density at radius 3 is 2.36 bits per heavy atom. The van der Waals surface area contributed by atoms with Gasteiger partial charge in [0.15, 0.2) is 0 Å². The minimum atomic E-state index is -0.352. The lowest BCUT2D eigenvalue weighted by atomic mass is 9.81. The molecule has 3 amide bonds. The number of hydrogen-bond donors (Lipinski definition) is 1. The van der Waals surface area contributed by atoms with Gasteiger partial charge in [0.25, 0.3) is 0 Å². The van der Waals surface area contributed by atoms with Crippen LogP contribution < -0.4 is 5.32 Å². The molecule has 0 aromatic heterocycles. The van der Waals surface area contributed by atoms with Crippen LogP contribution in [0.2, 0.25) is 0 Å². The number of piperidine rings is 2. The molecular weight excluding hydrogens is 418 g/mol. The Labute approximate surface area is 198 Å². The van der Waals surface area contributed by atoms with Gasteiger partial charge in [-0.15, -0.1) is 0 Å². The molecule has 4 aliphatic heterocycles. The molecule has 5 fully saturated rings. The predicted molar refractivity (Wildman–Crippen MR) is 125 cm³/mol. The third-order valence-electron chi connectivity index (χ3n) is 9.40. The van der Waals surface area contributed by atoms with E-state index >= 15 is 0 Å². The number of nitrogens with one attached hydrogen (secondary N) is 1. The average molecular weight is 460 g/mol. The van der Waals surface area contributed by atoms with Crippen LogP contribution >= 0.6 is 0 Å². The first-order valence-corrected chi connectivity index (χ1v) is 13.1. The number of carbonyl (C=O) groups is 3. The highest BCUT2D eigenvalue weighted by Gasteiger charge is 2.50. The molecule has 0 radical (unpaired) electrons. The summed E-state index contributed by atoms with van der Waals surface area (Å²) in [5.41, 5.74) is -0.352. The summed E-state index contributed by atoms with van der Waals surface area (Å²) in [5, 5.41) is 3.36. The van der Waals surface area contributed by atoms with Crippen molar-refractivity contribution in [2.24, 2.45) is 5.92 Å². The van der Waals surface area contributed by atoms with Gasteiger partial charge in [0, 0.05) is 58.3 Å². The van der Waals surface area contributed by atoms with E-state index in [1.807, 2.05) is 9.80 Å². The second-order valence-corrected chi connectivity index (χ2v) is 11.4. The molecule has 33 heavy (non-hydrogen) atoms. The highest BCUT2D eigenvalue weighted by molar-refractivity contribution is 5.92. The highest BCUT2D eigenvalue weighted by Crippen LogP contribution is 2.35. The van der Waals surface area contributed by atoms with E-state index in [0.717, 1.165) is 57.8 Å². The quantitative estimate of drug-likeness (QED) is 0.680. The summed E-state index contributed by atoms with van der Waals surface area (Å²) < 4.78 is 0. The van der Waals surface area contributed by atoms with Crippen molar-refractivity contribution in [1.29, 1.82) is 0 Å². The fourth-order valence-corrected chi connectivity index (χ4v) is 6.81. The van der Waals surface area contributed by atoms with Gasteiger partial charge in [-0.1, -0.05) is 6.42 Å². The molecule has 0 aromatic rings. The van der Waals surface area contributed by atoms with Gasteiger partial charge in [-0.25, -0.2) is 0 Å². The van der Waals surface area contributed by atoms with E-state index in [-0.39, 0.29) is 35.3 Å².